The molecule has 35 heavy (non-hydrogen) atoms. The van der Waals surface area contributed by atoms with Gasteiger partial charge in [0.25, 0.3) is 0 Å². The average molecular weight is 468 g/mol. The number of hydrogen-bond donors (Lipinski definition) is 3. The first-order chi connectivity index (χ1) is 16.8. The Hall–Kier alpha value is -4.85. The molecule has 0 bridgehead atoms. The molecule has 0 saturated carbocycles. The molecule has 2 aromatic heterocycles. The van der Waals surface area contributed by atoms with E-state index in [1.54, 1.807) is 36.4 Å². The van der Waals surface area contributed by atoms with Gasteiger partial charge in [0, 0.05) is 22.9 Å². The molecule has 174 valence electrons. The lowest BCUT2D eigenvalue weighted by atomic mass is 9.89. The van der Waals surface area contributed by atoms with Gasteiger partial charge in [-0.05, 0) is 60.4 Å². The van der Waals surface area contributed by atoms with E-state index in [1.165, 1.54) is 12.1 Å². The van der Waals surface area contributed by atoms with Crippen LogP contribution in [0.4, 0.5) is 0 Å². The van der Waals surface area contributed by atoms with Crippen LogP contribution in [0.3, 0.4) is 0 Å². The van der Waals surface area contributed by atoms with Crippen molar-refractivity contribution in [1.29, 1.82) is 0 Å². The Kier molecular flexibility index (Phi) is 5.13. The van der Waals surface area contributed by atoms with Gasteiger partial charge in [-0.1, -0.05) is 30.3 Å². The summed E-state index contributed by atoms with van der Waals surface area (Å²) in [5.74, 6) is -2.67. The Morgan fingerprint density at radius 1 is 0.857 bits per heavy atom. The van der Waals surface area contributed by atoms with Gasteiger partial charge in [0.2, 0.25) is 11.8 Å². The summed E-state index contributed by atoms with van der Waals surface area (Å²) in [4.78, 5) is 34.9. The molecule has 0 spiro atoms. The lowest BCUT2D eigenvalue weighted by Crippen LogP contribution is -2.19. The fourth-order valence-corrected chi connectivity index (χ4v) is 4.51. The number of nitrogens with zero attached hydrogens (tertiary/aromatic N) is 2. The third kappa shape index (κ3) is 3.61. The van der Waals surface area contributed by atoms with Gasteiger partial charge in [-0.25, -0.2) is 14.6 Å². The molecule has 0 atom stereocenters. The number of benzene rings is 3. The highest BCUT2D eigenvalue weighted by molar-refractivity contribution is 6.18. The van der Waals surface area contributed by atoms with Crippen molar-refractivity contribution in [3.8, 4) is 22.9 Å². The van der Waals surface area contributed by atoms with Crippen molar-refractivity contribution in [3.63, 3.8) is 0 Å². The number of carbonyl (C=O) groups is 2. The lowest BCUT2D eigenvalue weighted by molar-refractivity contribution is 0.0381. The van der Waals surface area contributed by atoms with E-state index >= 15 is 0 Å². The molecule has 0 saturated heterocycles. The van der Waals surface area contributed by atoms with E-state index in [1.807, 2.05) is 32.0 Å². The Morgan fingerprint density at radius 2 is 1.49 bits per heavy atom. The maximum atomic E-state index is 12.7. The zero-order chi connectivity index (χ0) is 24.9. The Balaban J connectivity index is 1.69. The van der Waals surface area contributed by atoms with Crippen LogP contribution in [0, 0.1) is 13.8 Å². The van der Waals surface area contributed by atoms with E-state index in [2.05, 4.69) is 4.98 Å². The van der Waals surface area contributed by atoms with E-state index in [0.717, 1.165) is 16.7 Å². The van der Waals surface area contributed by atoms with Crippen LogP contribution >= 0.6 is 0 Å². The number of hydrogen-bond acceptors (Lipinski definition) is 6. The van der Waals surface area contributed by atoms with Crippen molar-refractivity contribution in [2.45, 2.75) is 13.8 Å². The minimum atomic E-state index is -1.05. The first-order valence-electron chi connectivity index (χ1n) is 10.7. The standard InChI is InChI=1S/C27H20N2O6/c1-14-12-16(27(34)35-29-21(30)10-11-22(29)31)13-15(2)23(14)18-7-5-9-20-24(18)25(26(32)33)17-6-3-4-8-19(17)28-20/h3-13,30-31H,1-2H3,(H,32,33). The molecule has 3 N–H and O–H groups in total. The van der Waals surface area contributed by atoms with Gasteiger partial charge in [0.1, 0.15) is 0 Å². The normalized spacial score (nSPS) is 11.1. The SMILES string of the molecule is Cc1cc(C(=O)On2c(O)ccc2O)cc(C)c1-c1cccc2nc3ccccc3c(C(=O)O)c12. The summed E-state index contributed by atoms with van der Waals surface area (Å²) < 4.78 is 0.627. The zero-order valence-corrected chi connectivity index (χ0v) is 18.8. The van der Waals surface area contributed by atoms with Crippen LogP contribution in [0.25, 0.3) is 32.9 Å². The largest absolute Gasteiger partial charge is 0.492 e. The van der Waals surface area contributed by atoms with Crippen LogP contribution in [-0.2, 0) is 0 Å². The average Bonchev–Trinajstić information content (AvgIpc) is 3.14. The number of aromatic hydroxyl groups is 2. The molecule has 0 radical (unpaired) electrons. The number of para-hydroxylation sites is 1. The molecule has 0 aliphatic rings. The second-order valence-corrected chi connectivity index (χ2v) is 8.22. The number of aryl methyl sites for hydroxylation is 2. The molecule has 0 aliphatic carbocycles. The number of aromatic nitrogens is 2. The molecule has 8 heteroatoms. The van der Waals surface area contributed by atoms with Crippen molar-refractivity contribution in [2.24, 2.45) is 0 Å². The molecule has 5 aromatic rings. The Labute approximate surface area is 199 Å². The second-order valence-electron chi connectivity index (χ2n) is 8.22. The van der Waals surface area contributed by atoms with Crippen molar-refractivity contribution in [2.75, 3.05) is 0 Å². The summed E-state index contributed by atoms with van der Waals surface area (Å²) in [5, 5.41) is 30.7. The van der Waals surface area contributed by atoms with E-state index in [0.29, 0.717) is 32.1 Å². The molecule has 5 rings (SSSR count). The van der Waals surface area contributed by atoms with E-state index in [4.69, 9.17) is 4.84 Å². The summed E-state index contributed by atoms with van der Waals surface area (Å²) in [5.41, 5.74) is 4.43. The maximum absolute atomic E-state index is 12.7. The summed E-state index contributed by atoms with van der Waals surface area (Å²) in [6, 6.07) is 18.2. The molecular formula is C27H20N2O6. The third-order valence-corrected chi connectivity index (χ3v) is 5.93. The summed E-state index contributed by atoms with van der Waals surface area (Å²) in [6.45, 7) is 3.63. The molecule has 0 unspecified atom stereocenters. The van der Waals surface area contributed by atoms with Gasteiger partial charge >= 0.3 is 11.9 Å². The Morgan fingerprint density at radius 3 is 2.14 bits per heavy atom. The van der Waals surface area contributed by atoms with E-state index in [-0.39, 0.29) is 11.1 Å². The molecule has 2 heterocycles. The highest BCUT2D eigenvalue weighted by Gasteiger charge is 2.22. The van der Waals surface area contributed by atoms with Gasteiger partial charge in [0.15, 0.2) is 0 Å². The van der Waals surface area contributed by atoms with Gasteiger partial charge in [0.05, 0.1) is 22.2 Å². The van der Waals surface area contributed by atoms with Crippen molar-refractivity contribution in [3.05, 3.63) is 89.0 Å². The van der Waals surface area contributed by atoms with Crippen LogP contribution < -0.4 is 4.84 Å². The molecule has 0 amide bonds. The smallest absolute Gasteiger partial charge is 0.363 e. The first-order valence-corrected chi connectivity index (χ1v) is 10.7. The molecule has 0 aliphatic heterocycles. The number of carboxylic acid groups (broad SMARTS) is 1. The fraction of sp³-hybridized carbons (Fsp3) is 0.0741. The number of rotatable bonds is 4. The van der Waals surface area contributed by atoms with Crippen molar-refractivity contribution < 1.29 is 29.7 Å². The van der Waals surface area contributed by atoms with Crippen molar-refractivity contribution >= 4 is 33.7 Å². The molecule has 0 fully saturated rings. The number of pyridine rings is 1. The highest BCUT2D eigenvalue weighted by atomic mass is 16.7. The fourth-order valence-electron chi connectivity index (χ4n) is 4.51. The number of carbonyl (C=O) groups excluding carboxylic acids is 1. The van der Waals surface area contributed by atoms with Crippen LogP contribution in [0.2, 0.25) is 0 Å². The number of carboxylic acids is 1. The summed E-state index contributed by atoms with van der Waals surface area (Å²) in [6.07, 6.45) is 0. The first kappa shape index (κ1) is 22.0. The second kappa shape index (κ2) is 8.18. The van der Waals surface area contributed by atoms with Crippen molar-refractivity contribution in [1.82, 2.24) is 9.71 Å². The van der Waals surface area contributed by atoms with Gasteiger partial charge in [-0.2, -0.15) is 0 Å². The van der Waals surface area contributed by atoms with Gasteiger partial charge in [-0.3, -0.25) is 0 Å². The van der Waals surface area contributed by atoms with Crippen LogP contribution in [0.15, 0.2) is 66.7 Å². The Bertz CT molecular complexity index is 1630. The zero-order valence-electron chi connectivity index (χ0n) is 18.8. The van der Waals surface area contributed by atoms with Crippen LogP contribution in [-0.4, -0.2) is 37.0 Å². The highest BCUT2D eigenvalue weighted by Crippen LogP contribution is 2.37. The monoisotopic (exact) mass is 468 g/mol. The molecular weight excluding hydrogens is 448 g/mol. The molecule has 8 nitrogen and oxygen atoms in total. The van der Waals surface area contributed by atoms with E-state index in [9.17, 15) is 24.9 Å². The third-order valence-electron chi connectivity index (χ3n) is 5.93. The maximum Gasteiger partial charge on any atom is 0.363 e. The predicted molar refractivity (Wildman–Crippen MR) is 130 cm³/mol. The topological polar surface area (TPSA) is 122 Å². The number of fused-ring (bicyclic) bond motifs is 2. The predicted octanol–water partition coefficient (Wildman–Crippen LogP) is 4.85. The minimum absolute atomic E-state index is 0.169. The van der Waals surface area contributed by atoms with Crippen LogP contribution in [0.1, 0.15) is 31.8 Å². The van der Waals surface area contributed by atoms with Gasteiger partial charge < -0.3 is 20.2 Å². The molecule has 3 aromatic carbocycles. The lowest BCUT2D eigenvalue weighted by Gasteiger charge is -2.17. The van der Waals surface area contributed by atoms with Gasteiger partial charge in [-0.15, -0.1) is 4.73 Å². The summed E-state index contributed by atoms with van der Waals surface area (Å²) in [7, 11) is 0. The van der Waals surface area contributed by atoms with Crippen LogP contribution in [0.5, 0.6) is 11.8 Å². The van der Waals surface area contributed by atoms with E-state index < -0.39 is 23.7 Å². The summed E-state index contributed by atoms with van der Waals surface area (Å²) >= 11 is 0. The number of aromatic carboxylic acids is 1. The quantitative estimate of drug-likeness (QED) is 0.322. The minimum Gasteiger partial charge on any atom is -0.492 e.